The van der Waals surface area contributed by atoms with Crippen molar-refractivity contribution in [3.63, 3.8) is 0 Å². The maximum Gasteiger partial charge on any atom is 0.331 e. The summed E-state index contributed by atoms with van der Waals surface area (Å²) in [6, 6.07) is 18.3. The van der Waals surface area contributed by atoms with Gasteiger partial charge in [0.15, 0.2) is 0 Å². The summed E-state index contributed by atoms with van der Waals surface area (Å²) in [6.45, 7) is 1.85. The lowest BCUT2D eigenvalue weighted by Crippen LogP contribution is -1.98. The van der Waals surface area contributed by atoms with Crippen LogP contribution >= 0.6 is 0 Å². The molecule has 0 radical (unpaired) electrons. The Morgan fingerprint density at radius 1 is 1.00 bits per heavy atom. The Balaban J connectivity index is 2.12. The molecule has 0 aliphatic carbocycles. The van der Waals surface area contributed by atoms with Crippen molar-refractivity contribution in [1.82, 2.24) is 0 Å². The van der Waals surface area contributed by atoms with Gasteiger partial charge in [-0.3, -0.25) is 0 Å². The van der Waals surface area contributed by atoms with Gasteiger partial charge in [0.05, 0.1) is 0 Å². The first-order chi connectivity index (χ1) is 9.69. The zero-order valence-corrected chi connectivity index (χ0v) is 11.5. The predicted molar refractivity (Wildman–Crippen MR) is 81.6 cm³/mol. The molecule has 0 bridgehead atoms. The number of aliphatic carboxylic acids is 1. The number of benzene rings is 2. The molecular weight excluding hydrogens is 248 g/mol. The molecule has 0 unspecified atom stereocenters. The SMILES string of the molecule is CC/C(=C\c1ccc(Cc2ccccc2)cc1)C(=O)O. The number of hydrogen-bond acceptors (Lipinski definition) is 1. The minimum absolute atomic E-state index is 0.431. The normalized spacial score (nSPS) is 11.3. The van der Waals surface area contributed by atoms with Gasteiger partial charge in [-0.25, -0.2) is 4.79 Å². The summed E-state index contributed by atoms with van der Waals surface area (Å²) >= 11 is 0. The van der Waals surface area contributed by atoms with Gasteiger partial charge in [0.1, 0.15) is 0 Å². The molecular formula is C18H18O2. The summed E-state index contributed by atoms with van der Waals surface area (Å²) in [5, 5.41) is 9.02. The van der Waals surface area contributed by atoms with Crippen LogP contribution in [0.5, 0.6) is 0 Å². The molecule has 0 fully saturated rings. The molecule has 0 saturated heterocycles. The highest BCUT2D eigenvalue weighted by molar-refractivity contribution is 5.92. The van der Waals surface area contributed by atoms with Gasteiger partial charge in [-0.2, -0.15) is 0 Å². The van der Waals surface area contributed by atoms with Crippen LogP contribution in [0, 0.1) is 0 Å². The average molecular weight is 266 g/mol. The minimum atomic E-state index is -0.846. The molecule has 20 heavy (non-hydrogen) atoms. The van der Waals surface area contributed by atoms with E-state index in [1.165, 1.54) is 11.1 Å². The van der Waals surface area contributed by atoms with Crippen molar-refractivity contribution in [3.8, 4) is 0 Å². The van der Waals surface area contributed by atoms with E-state index in [4.69, 9.17) is 5.11 Å². The fourth-order valence-corrected chi connectivity index (χ4v) is 2.08. The summed E-state index contributed by atoms with van der Waals surface area (Å²) < 4.78 is 0. The number of carboxylic acids is 1. The molecule has 102 valence electrons. The van der Waals surface area contributed by atoms with Crippen LogP contribution in [-0.2, 0) is 11.2 Å². The Hall–Kier alpha value is -2.35. The molecule has 0 aliphatic rings. The first-order valence-electron chi connectivity index (χ1n) is 6.75. The van der Waals surface area contributed by atoms with E-state index in [1.807, 2.05) is 49.4 Å². The average Bonchev–Trinajstić information content (AvgIpc) is 2.47. The van der Waals surface area contributed by atoms with Crippen molar-refractivity contribution in [3.05, 3.63) is 76.9 Å². The van der Waals surface area contributed by atoms with Crippen molar-refractivity contribution in [1.29, 1.82) is 0 Å². The Kier molecular flexibility index (Phi) is 4.72. The van der Waals surface area contributed by atoms with Crippen LogP contribution in [0.3, 0.4) is 0 Å². The lowest BCUT2D eigenvalue weighted by Gasteiger charge is -2.03. The molecule has 0 heterocycles. The molecule has 2 nitrogen and oxygen atoms in total. The van der Waals surface area contributed by atoms with Crippen molar-refractivity contribution in [2.45, 2.75) is 19.8 Å². The van der Waals surface area contributed by atoms with Gasteiger partial charge in [0.25, 0.3) is 0 Å². The van der Waals surface area contributed by atoms with E-state index >= 15 is 0 Å². The minimum Gasteiger partial charge on any atom is -0.478 e. The van der Waals surface area contributed by atoms with Gasteiger partial charge in [-0.05, 0) is 35.6 Å². The van der Waals surface area contributed by atoms with Crippen molar-refractivity contribution < 1.29 is 9.90 Å². The third kappa shape index (κ3) is 3.82. The third-order valence-corrected chi connectivity index (χ3v) is 3.23. The summed E-state index contributed by atoms with van der Waals surface area (Å²) in [7, 11) is 0. The second kappa shape index (κ2) is 6.71. The lowest BCUT2D eigenvalue weighted by molar-refractivity contribution is -0.132. The van der Waals surface area contributed by atoms with Crippen molar-refractivity contribution in [2.24, 2.45) is 0 Å². The number of rotatable bonds is 5. The quantitative estimate of drug-likeness (QED) is 0.825. The van der Waals surface area contributed by atoms with Gasteiger partial charge in [-0.1, -0.05) is 61.5 Å². The van der Waals surface area contributed by atoms with Gasteiger partial charge in [-0.15, -0.1) is 0 Å². The Labute approximate surface area is 119 Å². The maximum atomic E-state index is 11.0. The van der Waals surface area contributed by atoms with E-state index in [1.54, 1.807) is 6.08 Å². The summed E-state index contributed by atoms with van der Waals surface area (Å²) in [6.07, 6.45) is 3.15. The molecule has 2 rings (SSSR count). The monoisotopic (exact) mass is 266 g/mol. The number of carbonyl (C=O) groups is 1. The van der Waals surface area contributed by atoms with E-state index in [2.05, 4.69) is 12.1 Å². The largest absolute Gasteiger partial charge is 0.478 e. The maximum absolute atomic E-state index is 11.0. The highest BCUT2D eigenvalue weighted by atomic mass is 16.4. The van der Waals surface area contributed by atoms with Crippen LogP contribution in [0.2, 0.25) is 0 Å². The van der Waals surface area contributed by atoms with Crippen LogP contribution < -0.4 is 0 Å². The van der Waals surface area contributed by atoms with E-state index in [0.29, 0.717) is 12.0 Å². The van der Waals surface area contributed by atoms with E-state index in [-0.39, 0.29) is 0 Å². The molecule has 2 aromatic rings. The molecule has 0 amide bonds. The predicted octanol–water partition coefficient (Wildman–Crippen LogP) is 4.16. The topological polar surface area (TPSA) is 37.3 Å². The molecule has 0 spiro atoms. The fourth-order valence-electron chi connectivity index (χ4n) is 2.08. The molecule has 1 N–H and O–H groups in total. The standard InChI is InChI=1S/C18H18O2/c1-2-17(18(19)20)13-16-10-8-15(9-11-16)12-14-6-4-3-5-7-14/h3-11,13H,2,12H2,1H3,(H,19,20)/b17-13+. The Bertz CT molecular complexity index is 595. The molecule has 0 aliphatic heterocycles. The van der Waals surface area contributed by atoms with Crippen LogP contribution in [-0.4, -0.2) is 11.1 Å². The van der Waals surface area contributed by atoms with Crippen LogP contribution in [0.25, 0.3) is 6.08 Å². The van der Waals surface area contributed by atoms with Gasteiger partial charge in [0.2, 0.25) is 0 Å². The second-order valence-electron chi connectivity index (χ2n) is 4.73. The second-order valence-corrected chi connectivity index (χ2v) is 4.73. The highest BCUT2D eigenvalue weighted by Crippen LogP contribution is 2.14. The lowest BCUT2D eigenvalue weighted by atomic mass is 10.0. The Morgan fingerprint density at radius 3 is 2.15 bits per heavy atom. The van der Waals surface area contributed by atoms with Crippen LogP contribution in [0.4, 0.5) is 0 Å². The number of hydrogen-bond donors (Lipinski definition) is 1. The van der Waals surface area contributed by atoms with Crippen molar-refractivity contribution >= 4 is 12.0 Å². The third-order valence-electron chi connectivity index (χ3n) is 3.23. The molecule has 2 aromatic carbocycles. The molecule has 2 heteroatoms. The van der Waals surface area contributed by atoms with Gasteiger partial charge >= 0.3 is 5.97 Å². The smallest absolute Gasteiger partial charge is 0.331 e. The van der Waals surface area contributed by atoms with Gasteiger partial charge in [0, 0.05) is 5.57 Å². The molecule has 0 atom stereocenters. The zero-order chi connectivity index (χ0) is 14.4. The van der Waals surface area contributed by atoms with E-state index in [9.17, 15) is 4.79 Å². The fraction of sp³-hybridized carbons (Fsp3) is 0.167. The Morgan fingerprint density at radius 2 is 1.60 bits per heavy atom. The first-order valence-corrected chi connectivity index (χ1v) is 6.75. The number of carboxylic acid groups (broad SMARTS) is 1. The van der Waals surface area contributed by atoms with Crippen molar-refractivity contribution in [2.75, 3.05) is 0 Å². The van der Waals surface area contributed by atoms with E-state index < -0.39 is 5.97 Å². The summed E-state index contributed by atoms with van der Waals surface area (Å²) in [4.78, 5) is 11.0. The molecule has 0 aromatic heterocycles. The molecule has 0 saturated carbocycles. The van der Waals surface area contributed by atoms with E-state index in [0.717, 1.165) is 12.0 Å². The van der Waals surface area contributed by atoms with Gasteiger partial charge < -0.3 is 5.11 Å². The van der Waals surface area contributed by atoms with Crippen LogP contribution in [0.15, 0.2) is 60.2 Å². The zero-order valence-electron chi connectivity index (χ0n) is 11.5. The highest BCUT2D eigenvalue weighted by Gasteiger charge is 2.04. The summed E-state index contributed by atoms with van der Waals surface area (Å²) in [5.41, 5.74) is 3.86. The summed E-state index contributed by atoms with van der Waals surface area (Å²) in [5.74, 6) is -0.846. The first kappa shape index (κ1) is 14.1. The van der Waals surface area contributed by atoms with Crippen LogP contribution in [0.1, 0.15) is 30.0 Å².